The van der Waals surface area contributed by atoms with Crippen molar-refractivity contribution < 1.29 is 13.2 Å². The molecule has 0 aliphatic heterocycles. The molecule has 0 fully saturated rings. The molecule has 0 aliphatic rings. The molecule has 3 aromatic carbocycles. The second kappa shape index (κ2) is 8.46. The molecular weight excluding hydrogens is 396 g/mol. The number of halogens is 1. The molecule has 144 valence electrons. The lowest BCUT2D eigenvalue weighted by atomic mass is 10.1. The number of hydrogen-bond acceptors (Lipinski definition) is 3. The van der Waals surface area contributed by atoms with Gasteiger partial charge in [-0.15, -0.1) is 0 Å². The van der Waals surface area contributed by atoms with E-state index < -0.39 is 10.0 Å². The van der Waals surface area contributed by atoms with Crippen LogP contribution in [0.4, 0.5) is 11.4 Å². The van der Waals surface area contributed by atoms with E-state index in [0.29, 0.717) is 16.4 Å². The molecule has 0 aliphatic carbocycles. The first-order valence-corrected chi connectivity index (χ1v) is 10.4. The van der Waals surface area contributed by atoms with Crippen LogP contribution in [0.3, 0.4) is 0 Å². The third-order valence-corrected chi connectivity index (χ3v) is 5.65. The average Bonchev–Trinajstić information content (AvgIpc) is 2.64. The van der Waals surface area contributed by atoms with Gasteiger partial charge in [0.1, 0.15) is 0 Å². The molecule has 0 unspecified atom stereocenters. The molecule has 7 heteroatoms. The van der Waals surface area contributed by atoms with E-state index in [1.165, 1.54) is 12.1 Å². The van der Waals surface area contributed by atoms with Crippen molar-refractivity contribution in [1.82, 2.24) is 0 Å². The largest absolute Gasteiger partial charge is 0.326 e. The summed E-state index contributed by atoms with van der Waals surface area (Å²) in [5.41, 5.74) is 2.82. The maximum Gasteiger partial charge on any atom is 0.261 e. The SMILES string of the molecule is Cc1cccc(NS(=O)(=O)c2ccc(NC(=O)Cc3ccc(Cl)cc3)cc2)c1. The van der Waals surface area contributed by atoms with Gasteiger partial charge in [0.2, 0.25) is 5.91 Å². The molecule has 0 saturated heterocycles. The molecule has 5 nitrogen and oxygen atoms in total. The van der Waals surface area contributed by atoms with E-state index in [9.17, 15) is 13.2 Å². The van der Waals surface area contributed by atoms with Gasteiger partial charge in [0.05, 0.1) is 11.3 Å². The number of aryl methyl sites for hydroxylation is 1. The zero-order chi connectivity index (χ0) is 20.1. The Morgan fingerprint density at radius 1 is 0.929 bits per heavy atom. The molecule has 0 bridgehead atoms. The fourth-order valence-corrected chi connectivity index (χ4v) is 3.81. The van der Waals surface area contributed by atoms with Gasteiger partial charge in [0, 0.05) is 16.4 Å². The third-order valence-electron chi connectivity index (χ3n) is 4.00. The quantitative estimate of drug-likeness (QED) is 0.617. The van der Waals surface area contributed by atoms with Gasteiger partial charge in [-0.05, 0) is 66.6 Å². The lowest BCUT2D eigenvalue weighted by molar-refractivity contribution is -0.115. The Bertz CT molecular complexity index is 1080. The summed E-state index contributed by atoms with van der Waals surface area (Å²) in [6, 6.07) is 20.2. The van der Waals surface area contributed by atoms with E-state index in [-0.39, 0.29) is 17.2 Å². The number of amides is 1. The number of anilines is 2. The van der Waals surface area contributed by atoms with Crippen molar-refractivity contribution in [1.29, 1.82) is 0 Å². The fraction of sp³-hybridized carbons (Fsp3) is 0.0952. The zero-order valence-electron chi connectivity index (χ0n) is 15.1. The Morgan fingerprint density at radius 3 is 2.25 bits per heavy atom. The molecule has 0 saturated carbocycles. The van der Waals surface area contributed by atoms with Crippen molar-refractivity contribution in [2.45, 2.75) is 18.2 Å². The van der Waals surface area contributed by atoms with Crippen LogP contribution in [0.15, 0.2) is 77.7 Å². The van der Waals surface area contributed by atoms with Crippen LogP contribution in [0.2, 0.25) is 5.02 Å². The molecule has 3 aromatic rings. The zero-order valence-corrected chi connectivity index (χ0v) is 16.7. The van der Waals surface area contributed by atoms with Gasteiger partial charge in [-0.1, -0.05) is 35.9 Å². The number of carbonyl (C=O) groups is 1. The molecule has 2 N–H and O–H groups in total. The Labute approximate surface area is 169 Å². The highest BCUT2D eigenvalue weighted by atomic mass is 35.5. The summed E-state index contributed by atoms with van der Waals surface area (Å²) in [6.07, 6.45) is 0.201. The summed E-state index contributed by atoms with van der Waals surface area (Å²) < 4.78 is 27.6. The van der Waals surface area contributed by atoms with Crippen LogP contribution < -0.4 is 10.0 Å². The van der Waals surface area contributed by atoms with Gasteiger partial charge in [-0.2, -0.15) is 0 Å². The lowest BCUT2D eigenvalue weighted by Crippen LogP contribution is -2.15. The second-order valence-electron chi connectivity index (χ2n) is 6.35. The maximum absolute atomic E-state index is 12.5. The average molecular weight is 415 g/mol. The lowest BCUT2D eigenvalue weighted by Gasteiger charge is -2.10. The molecule has 28 heavy (non-hydrogen) atoms. The molecule has 3 rings (SSSR count). The standard InChI is InChI=1S/C21H19ClN2O3S/c1-15-3-2-4-19(13-15)24-28(26,27)20-11-9-18(10-12-20)23-21(25)14-16-5-7-17(22)8-6-16/h2-13,24H,14H2,1H3,(H,23,25). The molecule has 0 atom stereocenters. The highest BCUT2D eigenvalue weighted by Gasteiger charge is 2.14. The number of sulfonamides is 1. The Balaban J connectivity index is 1.65. The molecule has 0 radical (unpaired) electrons. The number of benzene rings is 3. The predicted molar refractivity (Wildman–Crippen MR) is 112 cm³/mol. The van der Waals surface area contributed by atoms with Gasteiger partial charge >= 0.3 is 0 Å². The van der Waals surface area contributed by atoms with Crippen LogP contribution in [0.5, 0.6) is 0 Å². The fourth-order valence-electron chi connectivity index (χ4n) is 2.63. The number of rotatable bonds is 6. The molecule has 1 amide bonds. The summed E-state index contributed by atoms with van der Waals surface area (Å²) in [7, 11) is -3.70. The first-order chi connectivity index (χ1) is 13.3. The first-order valence-electron chi connectivity index (χ1n) is 8.56. The maximum atomic E-state index is 12.5. The highest BCUT2D eigenvalue weighted by Crippen LogP contribution is 2.19. The first kappa shape index (κ1) is 19.9. The number of nitrogens with one attached hydrogen (secondary N) is 2. The van der Waals surface area contributed by atoms with Crippen LogP contribution in [-0.4, -0.2) is 14.3 Å². The molecule has 0 aromatic heterocycles. The van der Waals surface area contributed by atoms with Crippen LogP contribution >= 0.6 is 11.6 Å². The predicted octanol–water partition coefficient (Wildman–Crippen LogP) is 4.63. The van der Waals surface area contributed by atoms with Crippen molar-refractivity contribution in [2.24, 2.45) is 0 Å². The smallest absolute Gasteiger partial charge is 0.261 e. The number of carbonyl (C=O) groups excluding carboxylic acids is 1. The van der Waals surface area contributed by atoms with E-state index >= 15 is 0 Å². The summed E-state index contributed by atoms with van der Waals surface area (Å²) in [4.78, 5) is 12.3. The summed E-state index contributed by atoms with van der Waals surface area (Å²) in [6.45, 7) is 1.89. The molecular formula is C21H19ClN2O3S. The van der Waals surface area contributed by atoms with Crippen molar-refractivity contribution in [2.75, 3.05) is 10.0 Å². The number of hydrogen-bond donors (Lipinski definition) is 2. The summed E-state index contributed by atoms with van der Waals surface area (Å²) in [5, 5.41) is 3.37. The van der Waals surface area contributed by atoms with Gasteiger partial charge in [-0.3, -0.25) is 9.52 Å². The van der Waals surface area contributed by atoms with E-state index in [2.05, 4.69) is 10.0 Å². The van der Waals surface area contributed by atoms with Gasteiger partial charge < -0.3 is 5.32 Å². The van der Waals surface area contributed by atoms with Crippen molar-refractivity contribution in [3.63, 3.8) is 0 Å². The minimum Gasteiger partial charge on any atom is -0.326 e. The Hall–Kier alpha value is -2.83. The van der Waals surface area contributed by atoms with Gasteiger partial charge in [0.25, 0.3) is 10.0 Å². The monoisotopic (exact) mass is 414 g/mol. The Kier molecular flexibility index (Phi) is 6.02. The van der Waals surface area contributed by atoms with E-state index in [4.69, 9.17) is 11.6 Å². The summed E-state index contributed by atoms with van der Waals surface area (Å²) >= 11 is 5.83. The van der Waals surface area contributed by atoms with Crippen molar-refractivity contribution >= 4 is 38.9 Å². The van der Waals surface area contributed by atoms with Crippen molar-refractivity contribution in [3.8, 4) is 0 Å². The highest BCUT2D eigenvalue weighted by molar-refractivity contribution is 7.92. The minimum atomic E-state index is -3.70. The Morgan fingerprint density at radius 2 is 1.61 bits per heavy atom. The van der Waals surface area contributed by atoms with E-state index in [1.807, 2.05) is 13.0 Å². The topological polar surface area (TPSA) is 75.3 Å². The summed E-state index contributed by atoms with van der Waals surface area (Å²) in [5.74, 6) is -0.198. The van der Waals surface area contributed by atoms with Gasteiger partial charge in [0.15, 0.2) is 0 Å². The minimum absolute atomic E-state index is 0.115. The molecule has 0 heterocycles. The van der Waals surface area contributed by atoms with E-state index in [0.717, 1.165) is 11.1 Å². The van der Waals surface area contributed by atoms with Crippen LogP contribution in [0.1, 0.15) is 11.1 Å². The third kappa shape index (κ3) is 5.34. The van der Waals surface area contributed by atoms with Crippen LogP contribution in [-0.2, 0) is 21.2 Å². The molecule has 0 spiro atoms. The van der Waals surface area contributed by atoms with Gasteiger partial charge in [-0.25, -0.2) is 8.42 Å². The van der Waals surface area contributed by atoms with Crippen LogP contribution in [0.25, 0.3) is 0 Å². The van der Waals surface area contributed by atoms with Crippen molar-refractivity contribution in [3.05, 3.63) is 88.9 Å². The van der Waals surface area contributed by atoms with E-state index in [1.54, 1.807) is 54.6 Å². The normalized spacial score (nSPS) is 11.1. The second-order valence-corrected chi connectivity index (χ2v) is 8.47. The van der Waals surface area contributed by atoms with Crippen LogP contribution in [0, 0.1) is 6.92 Å².